The van der Waals surface area contributed by atoms with Gasteiger partial charge in [-0.05, 0) is 23.8 Å². The standard InChI is InChI=1S/C21H18Cl3N3O2/c22-15-10-16(23)12-17(11-15)27-20(28)18(24)19(21(27)29)26-8-6-25(7-9-26)13-14-4-2-1-3-5-14/h1-5,10-12H,6-9,13H2. The van der Waals surface area contributed by atoms with Gasteiger partial charge in [-0.2, -0.15) is 0 Å². The molecule has 1 fully saturated rings. The first-order valence-corrected chi connectivity index (χ1v) is 10.3. The van der Waals surface area contributed by atoms with E-state index in [1.165, 1.54) is 17.7 Å². The molecule has 2 aliphatic rings. The van der Waals surface area contributed by atoms with Crippen LogP contribution in [0.1, 0.15) is 5.56 Å². The largest absolute Gasteiger partial charge is 0.363 e. The van der Waals surface area contributed by atoms with Crippen LogP contribution >= 0.6 is 34.8 Å². The van der Waals surface area contributed by atoms with E-state index in [1.807, 2.05) is 23.1 Å². The molecule has 1 saturated heterocycles. The average Bonchev–Trinajstić information content (AvgIpc) is 2.91. The van der Waals surface area contributed by atoms with Gasteiger partial charge in [0.25, 0.3) is 11.8 Å². The predicted molar refractivity (Wildman–Crippen MR) is 115 cm³/mol. The Morgan fingerprint density at radius 3 is 2.03 bits per heavy atom. The van der Waals surface area contributed by atoms with Crippen molar-refractivity contribution in [3.05, 3.63) is 74.9 Å². The summed E-state index contributed by atoms with van der Waals surface area (Å²) < 4.78 is 0. The molecule has 2 aliphatic heterocycles. The molecule has 0 N–H and O–H groups in total. The van der Waals surface area contributed by atoms with Gasteiger partial charge in [-0.15, -0.1) is 0 Å². The maximum atomic E-state index is 13.0. The van der Waals surface area contributed by atoms with Gasteiger partial charge < -0.3 is 4.90 Å². The molecule has 0 saturated carbocycles. The molecule has 0 bridgehead atoms. The van der Waals surface area contributed by atoms with Crippen LogP contribution < -0.4 is 4.90 Å². The lowest BCUT2D eigenvalue weighted by Gasteiger charge is -2.36. The van der Waals surface area contributed by atoms with Crippen molar-refractivity contribution in [2.45, 2.75) is 6.54 Å². The Morgan fingerprint density at radius 2 is 1.41 bits per heavy atom. The zero-order chi connectivity index (χ0) is 20.5. The lowest BCUT2D eigenvalue weighted by molar-refractivity contribution is -0.121. The number of halogens is 3. The highest BCUT2D eigenvalue weighted by Gasteiger charge is 2.42. The molecule has 29 heavy (non-hydrogen) atoms. The van der Waals surface area contributed by atoms with Gasteiger partial charge in [0.2, 0.25) is 0 Å². The number of nitrogens with zero attached hydrogens (tertiary/aromatic N) is 3. The molecule has 0 aliphatic carbocycles. The number of carbonyl (C=O) groups is 2. The summed E-state index contributed by atoms with van der Waals surface area (Å²) in [5.74, 6) is -1.01. The Bertz CT molecular complexity index is 966. The van der Waals surface area contributed by atoms with Crippen molar-refractivity contribution in [2.24, 2.45) is 0 Å². The molecule has 2 amide bonds. The molecular weight excluding hydrogens is 433 g/mol. The molecule has 5 nitrogen and oxygen atoms in total. The van der Waals surface area contributed by atoms with Crippen molar-refractivity contribution in [3.63, 3.8) is 0 Å². The third kappa shape index (κ3) is 4.14. The van der Waals surface area contributed by atoms with Gasteiger partial charge >= 0.3 is 0 Å². The SMILES string of the molecule is O=C1C(Cl)=C(N2CCN(Cc3ccccc3)CC2)C(=O)N1c1cc(Cl)cc(Cl)c1. The highest BCUT2D eigenvalue weighted by atomic mass is 35.5. The minimum absolute atomic E-state index is 0.0670. The fourth-order valence-corrected chi connectivity index (χ4v) is 4.44. The molecule has 0 aromatic heterocycles. The van der Waals surface area contributed by atoms with Crippen LogP contribution in [0.5, 0.6) is 0 Å². The Labute approximate surface area is 184 Å². The quantitative estimate of drug-likeness (QED) is 0.657. The van der Waals surface area contributed by atoms with Crippen molar-refractivity contribution < 1.29 is 9.59 Å². The average molecular weight is 451 g/mol. The number of hydrogen-bond acceptors (Lipinski definition) is 4. The van der Waals surface area contributed by atoms with Crippen molar-refractivity contribution in [2.75, 3.05) is 31.1 Å². The first kappa shape index (κ1) is 20.2. The maximum absolute atomic E-state index is 13.0. The highest BCUT2D eigenvalue weighted by molar-refractivity contribution is 6.52. The van der Waals surface area contributed by atoms with E-state index in [0.29, 0.717) is 28.8 Å². The number of carbonyl (C=O) groups excluding carboxylic acids is 2. The minimum atomic E-state index is -0.559. The van der Waals surface area contributed by atoms with E-state index >= 15 is 0 Å². The second kappa shape index (κ2) is 8.36. The van der Waals surface area contributed by atoms with E-state index in [2.05, 4.69) is 17.0 Å². The fraction of sp³-hybridized carbons (Fsp3) is 0.238. The molecule has 2 aromatic rings. The lowest BCUT2D eigenvalue weighted by Crippen LogP contribution is -2.47. The normalized spacial score (nSPS) is 18.2. The van der Waals surface area contributed by atoms with E-state index in [4.69, 9.17) is 34.8 Å². The number of anilines is 1. The van der Waals surface area contributed by atoms with Crippen LogP contribution in [0, 0.1) is 0 Å². The Kier molecular flexibility index (Phi) is 5.83. The van der Waals surface area contributed by atoms with Gasteiger partial charge in [0.1, 0.15) is 10.7 Å². The van der Waals surface area contributed by atoms with Crippen molar-refractivity contribution in [1.29, 1.82) is 0 Å². The van der Waals surface area contributed by atoms with Gasteiger partial charge in [0, 0.05) is 42.8 Å². The number of hydrogen-bond donors (Lipinski definition) is 0. The molecule has 2 aromatic carbocycles. The molecule has 2 heterocycles. The monoisotopic (exact) mass is 449 g/mol. The summed E-state index contributed by atoms with van der Waals surface area (Å²) in [6.07, 6.45) is 0. The molecule has 0 radical (unpaired) electrons. The van der Waals surface area contributed by atoms with E-state index in [0.717, 1.165) is 24.5 Å². The van der Waals surface area contributed by atoms with E-state index in [9.17, 15) is 9.59 Å². The van der Waals surface area contributed by atoms with E-state index in [-0.39, 0.29) is 10.7 Å². The highest BCUT2D eigenvalue weighted by Crippen LogP contribution is 2.34. The van der Waals surface area contributed by atoms with Crippen LogP contribution in [-0.2, 0) is 16.1 Å². The number of imide groups is 1. The van der Waals surface area contributed by atoms with E-state index < -0.39 is 11.8 Å². The summed E-state index contributed by atoms with van der Waals surface area (Å²) in [4.78, 5) is 31.0. The molecule has 0 atom stereocenters. The first-order chi connectivity index (χ1) is 13.9. The van der Waals surface area contributed by atoms with Crippen molar-refractivity contribution >= 4 is 52.3 Å². The van der Waals surface area contributed by atoms with Crippen LogP contribution in [0.4, 0.5) is 5.69 Å². The molecule has 0 spiro atoms. The zero-order valence-electron chi connectivity index (χ0n) is 15.4. The minimum Gasteiger partial charge on any atom is -0.363 e. The van der Waals surface area contributed by atoms with Gasteiger partial charge in [0.15, 0.2) is 0 Å². The number of piperazine rings is 1. The van der Waals surface area contributed by atoms with Crippen LogP contribution in [0.15, 0.2) is 59.3 Å². The Hall–Kier alpha value is -2.05. The lowest BCUT2D eigenvalue weighted by atomic mass is 10.2. The number of rotatable bonds is 4. The van der Waals surface area contributed by atoms with Crippen molar-refractivity contribution in [1.82, 2.24) is 9.80 Å². The summed E-state index contributed by atoms with van der Waals surface area (Å²) in [7, 11) is 0. The van der Waals surface area contributed by atoms with Crippen LogP contribution in [0.3, 0.4) is 0 Å². The molecule has 150 valence electrons. The smallest absolute Gasteiger partial charge is 0.283 e. The van der Waals surface area contributed by atoms with Gasteiger partial charge in [-0.25, -0.2) is 4.90 Å². The van der Waals surface area contributed by atoms with Gasteiger partial charge in [-0.3, -0.25) is 14.5 Å². The summed E-state index contributed by atoms with van der Waals surface area (Å²) in [6, 6.07) is 14.8. The van der Waals surface area contributed by atoms with E-state index in [1.54, 1.807) is 6.07 Å². The fourth-order valence-electron chi connectivity index (χ4n) is 3.64. The third-order valence-electron chi connectivity index (χ3n) is 5.05. The topological polar surface area (TPSA) is 43.9 Å². The van der Waals surface area contributed by atoms with Gasteiger partial charge in [0.05, 0.1) is 5.69 Å². The summed E-state index contributed by atoms with van der Waals surface area (Å²) in [5, 5.41) is 0.613. The molecular formula is C21H18Cl3N3O2. The Morgan fingerprint density at radius 1 is 0.793 bits per heavy atom. The number of benzene rings is 2. The van der Waals surface area contributed by atoms with Crippen molar-refractivity contribution in [3.8, 4) is 0 Å². The first-order valence-electron chi connectivity index (χ1n) is 9.20. The molecule has 4 rings (SSSR count). The second-order valence-corrected chi connectivity index (χ2v) is 8.24. The third-order valence-corrected chi connectivity index (χ3v) is 5.82. The van der Waals surface area contributed by atoms with Crippen LogP contribution in [0.25, 0.3) is 0 Å². The van der Waals surface area contributed by atoms with Crippen LogP contribution in [-0.4, -0.2) is 47.8 Å². The predicted octanol–water partition coefficient (Wildman–Crippen LogP) is 4.13. The summed E-state index contributed by atoms with van der Waals surface area (Å²) in [5.41, 5.74) is 1.80. The summed E-state index contributed by atoms with van der Waals surface area (Å²) >= 11 is 18.4. The summed E-state index contributed by atoms with van der Waals surface area (Å²) in [6.45, 7) is 3.62. The Balaban J connectivity index is 1.48. The van der Waals surface area contributed by atoms with Crippen LogP contribution in [0.2, 0.25) is 10.0 Å². The van der Waals surface area contributed by atoms with Gasteiger partial charge in [-0.1, -0.05) is 65.1 Å². The molecule has 0 unspecified atom stereocenters. The zero-order valence-corrected chi connectivity index (χ0v) is 17.7. The second-order valence-electron chi connectivity index (χ2n) is 6.98. The maximum Gasteiger partial charge on any atom is 0.283 e. The number of amides is 2. The molecule has 8 heteroatoms.